The van der Waals surface area contributed by atoms with Crippen molar-refractivity contribution in [1.29, 1.82) is 0 Å². The largest absolute Gasteiger partial charge is 0.497 e. The Hall–Kier alpha value is -4.00. The lowest BCUT2D eigenvalue weighted by Crippen LogP contribution is -2.46. The summed E-state index contributed by atoms with van der Waals surface area (Å²) in [5.74, 6) is 0.735. The average molecular weight is 417 g/mol. The molecular formula is C24H23N3O4. The summed E-state index contributed by atoms with van der Waals surface area (Å²) in [5, 5.41) is 10.5. The predicted molar refractivity (Wildman–Crippen MR) is 119 cm³/mol. The number of hydrogen-bond donors (Lipinski definition) is 3. The van der Waals surface area contributed by atoms with E-state index >= 15 is 0 Å². The highest BCUT2D eigenvalue weighted by molar-refractivity contribution is 6.08. The molecule has 0 aromatic heterocycles. The van der Waals surface area contributed by atoms with Crippen molar-refractivity contribution < 1.29 is 19.1 Å². The van der Waals surface area contributed by atoms with Crippen LogP contribution in [0.25, 0.3) is 10.8 Å². The number of fused-ring (bicyclic) bond motifs is 1. The summed E-state index contributed by atoms with van der Waals surface area (Å²) >= 11 is 0. The van der Waals surface area contributed by atoms with E-state index in [-0.39, 0.29) is 11.9 Å². The normalized spacial score (nSPS) is 15.8. The van der Waals surface area contributed by atoms with Gasteiger partial charge >= 0.3 is 6.03 Å². The van der Waals surface area contributed by atoms with E-state index < -0.39 is 6.04 Å². The van der Waals surface area contributed by atoms with Gasteiger partial charge in [0.05, 0.1) is 31.5 Å². The third-order valence-corrected chi connectivity index (χ3v) is 5.30. The second-order valence-electron chi connectivity index (χ2n) is 7.16. The van der Waals surface area contributed by atoms with Crippen molar-refractivity contribution in [2.24, 2.45) is 0 Å². The molecule has 0 spiro atoms. The van der Waals surface area contributed by atoms with Crippen molar-refractivity contribution in [2.45, 2.75) is 13.0 Å². The number of urea groups is 1. The highest BCUT2D eigenvalue weighted by Crippen LogP contribution is 2.34. The first-order valence-electron chi connectivity index (χ1n) is 9.81. The SMILES string of the molecule is COc1ccc(OC)c(NC(=O)C2=C(C)NC(=O)N[C@H]2c2cccc3ccccc23)c1. The fourth-order valence-electron chi connectivity index (χ4n) is 3.83. The van der Waals surface area contributed by atoms with Crippen LogP contribution in [0.1, 0.15) is 18.5 Å². The van der Waals surface area contributed by atoms with Gasteiger partial charge in [-0.15, -0.1) is 0 Å². The molecule has 1 aliphatic heterocycles. The van der Waals surface area contributed by atoms with Crippen molar-refractivity contribution in [3.63, 3.8) is 0 Å². The third kappa shape index (κ3) is 3.90. The van der Waals surface area contributed by atoms with Gasteiger partial charge in [0.25, 0.3) is 5.91 Å². The molecule has 0 bridgehead atoms. The fourth-order valence-corrected chi connectivity index (χ4v) is 3.83. The highest BCUT2D eigenvalue weighted by atomic mass is 16.5. The minimum Gasteiger partial charge on any atom is -0.497 e. The number of rotatable bonds is 5. The fraction of sp³-hybridized carbons (Fsp3) is 0.167. The first-order chi connectivity index (χ1) is 15.0. The summed E-state index contributed by atoms with van der Waals surface area (Å²) in [6.45, 7) is 1.72. The number of anilines is 1. The second-order valence-corrected chi connectivity index (χ2v) is 7.16. The molecule has 31 heavy (non-hydrogen) atoms. The molecule has 4 rings (SSSR count). The maximum Gasteiger partial charge on any atom is 0.319 e. The molecule has 0 aliphatic carbocycles. The van der Waals surface area contributed by atoms with E-state index in [9.17, 15) is 9.59 Å². The number of allylic oxidation sites excluding steroid dienone is 1. The molecular weight excluding hydrogens is 394 g/mol. The Bertz CT molecular complexity index is 1200. The van der Waals surface area contributed by atoms with E-state index in [0.29, 0.717) is 28.5 Å². The minimum absolute atomic E-state index is 0.352. The van der Waals surface area contributed by atoms with Crippen LogP contribution in [0, 0.1) is 0 Å². The zero-order valence-corrected chi connectivity index (χ0v) is 17.5. The van der Waals surface area contributed by atoms with Crippen molar-refractivity contribution in [1.82, 2.24) is 10.6 Å². The number of amides is 3. The van der Waals surface area contributed by atoms with Gasteiger partial charge in [-0.1, -0.05) is 42.5 Å². The Balaban J connectivity index is 1.77. The quantitative estimate of drug-likeness (QED) is 0.583. The van der Waals surface area contributed by atoms with Gasteiger partial charge in [0.15, 0.2) is 0 Å². The predicted octanol–water partition coefficient (Wildman–Crippen LogP) is 4.12. The zero-order valence-electron chi connectivity index (χ0n) is 17.5. The van der Waals surface area contributed by atoms with Gasteiger partial charge in [0.1, 0.15) is 11.5 Å². The molecule has 0 fully saturated rings. The molecule has 0 saturated heterocycles. The molecule has 1 heterocycles. The van der Waals surface area contributed by atoms with Crippen LogP contribution in [-0.2, 0) is 4.79 Å². The van der Waals surface area contributed by atoms with Gasteiger partial charge < -0.3 is 25.4 Å². The van der Waals surface area contributed by atoms with Crippen LogP contribution < -0.4 is 25.4 Å². The molecule has 7 nitrogen and oxygen atoms in total. The second kappa shape index (κ2) is 8.39. The smallest absolute Gasteiger partial charge is 0.319 e. The van der Waals surface area contributed by atoms with Crippen LogP contribution in [0.3, 0.4) is 0 Å². The lowest BCUT2D eigenvalue weighted by molar-refractivity contribution is -0.113. The van der Waals surface area contributed by atoms with E-state index in [1.807, 2.05) is 42.5 Å². The summed E-state index contributed by atoms with van der Waals surface area (Å²) in [6, 6.07) is 17.9. The topological polar surface area (TPSA) is 88.7 Å². The molecule has 0 radical (unpaired) electrons. The average Bonchev–Trinajstić information content (AvgIpc) is 2.78. The van der Waals surface area contributed by atoms with Crippen molar-refractivity contribution >= 4 is 28.4 Å². The third-order valence-electron chi connectivity index (χ3n) is 5.30. The van der Waals surface area contributed by atoms with Crippen LogP contribution in [0.2, 0.25) is 0 Å². The number of benzene rings is 3. The Morgan fingerprint density at radius 3 is 2.55 bits per heavy atom. The number of nitrogens with one attached hydrogen (secondary N) is 3. The van der Waals surface area contributed by atoms with Gasteiger partial charge in [-0.3, -0.25) is 4.79 Å². The Kier molecular flexibility index (Phi) is 5.49. The molecule has 1 atom stereocenters. The van der Waals surface area contributed by atoms with Crippen LogP contribution in [0.5, 0.6) is 11.5 Å². The maximum atomic E-state index is 13.4. The minimum atomic E-state index is -0.614. The van der Waals surface area contributed by atoms with E-state index in [0.717, 1.165) is 16.3 Å². The lowest BCUT2D eigenvalue weighted by atomic mass is 9.91. The summed E-state index contributed by atoms with van der Waals surface area (Å²) in [6.07, 6.45) is 0. The van der Waals surface area contributed by atoms with Crippen LogP contribution >= 0.6 is 0 Å². The number of carbonyl (C=O) groups excluding carboxylic acids is 2. The Labute approximate surface area is 180 Å². The number of ether oxygens (including phenoxy) is 2. The number of hydrogen-bond acceptors (Lipinski definition) is 4. The summed E-state index contributed by atoms with van der Waals surface area (Å²) < 4.78 is 10.6. The summed E-state index contributed by atoms with van der Waals surface area (Å²) in [7, 11) is 3.08. The summed E-state index contributed by atoms with van der Waals surface area (Å²) in [4.78, 5) is 25.7. The Morgan fingerprint density at radius 2 is 1.77 bits per heavy atom. The van der Waals surface area contributed by atoms with Gasteiger partial charge in [-0.25, -0.2) is 4.79 Å². The first-order valence-corrected chi connectivity index (χ1v) is 9.81. The molecule has 3 N–H and O–H groups in total. The van der Waals surface area contributed by atoms with E-state index in [1.165, 1.54) is 7.11 Å². The molecule has 0 saturated carbocycles. The summed E-state index contributed by atoms with van der Waals surface area (Å²) in [5.41, 5.74) is 2.22. The molecule has 3 aromatic rings. The van der Waals surface area contributed by atoms with Crippen molar-refractivity contribution in [3.8, 4) is 11.5 Å². The van der Waals surface area contributed by atoms with E-state index in [2.05, 4.69) is 16.0 Å². The monoisotopic (exact) mass is 417 g/mol. The highest BCUT2D eigenvalue weighted by Gasteiger charge is 2.32. The van der Waals surface area contributed by atoms with E-state index in [4.69, 9.17) is 9.47 Å². The van der Waals surface area contributed by atoms with Gasteiger partial charge in [-0.2, -0.15) is 0 Å². The Morgan fingerprint density at radius 1 is 1.00 bits per heavy atom. The van der Waals surface area contributed by atoms with E-state index in [1.54, 1.807) is 32.2 Å². The molecule has 158 valence electrons. The van der Waals surface area contributed by atoms with Gasteiger partial charge in [-0.05, 0) is 35.4 Å². The molecule has 3 amide bonds. The first kappa shape index (κ1) is 20.3. The van der Waals surface area contributed by atoms with Gasteiger partial charge in [0, 0.05) is 11.8 Å². The lowest BCUT2D eigenvalue weighted by Gasteiger charge is -2.29. The standard InChI is InChI=1S/C24H23N3O4/c1-14-21(23(28)26-19-13-16(30-2)11-12-20(19)31-3)22(27-24(29)25-14)18-10-6-8-15-7-4-5-9-17(15)18/h4-13,22H,1-3H3,(H,26,28)(H2,25,27,29)/t22-/m0/s1. The van der Waals surface area contributed by atoms with Crippen LogP contribution in [0.15, 0.2) is 71.9 Å². The molecule has 7 heteroatoms. The number of methoxy groups -OCH3 is 2. The van der Waals surface area contributed by atoms with Crippen molar-refractivity contribution in [3.05, 3.63) is 77.5 Å². The molecule has 3 aromatic carbocycles. The van der Waals surface area contributed by atoms with Crippen LogP contribution in [-0.4, -0.2) is 26.2 Å². The maximum absolute atomic E-state index is 13.4. The van der Waals surface area contributed by atoms with Crippen LogP contribution in [0.4, 0.5) is 10.5 Å². The molecule has 0 unspecified atom stereocenters. The molecule has 1 aliphatic rings. The van der Waals surface area contributed by atoms with Gasteiger partial charge in [0.2, 0.25) is 0 Å². The number of carbonyl (C=O) groups is 2. The zero-order chi connectivity index (χ0) is 22.0. The van der Waals surface area contributed by atoms with Crippen molar-refractivity contribution in [2.75, 3.05) is 19.5 Å².